The molecule has 21 heavy (non-hydrogen) atoms. The Kier molecular flexibility index (Phi) is 4.06. The molecule has 1 aromatic carbocycles. The first-order chi connectivity index (χ1) is 9.74. The molecule has 0 radical (unpaired) electrons. The van der Waals surface area contributed by atoms with E-state index < -0.39 is 21.4 Å². The van der Waals surface area contributed by atoms with Crippen LogP contribution in [0.4, 0.5) is 4.39 Å². The lowest BCUT2D eigenvalue weighted by Gasteiger charge is -2.50. The highest BCUT2D eigenvalue weighted by Crippen LogP contribution is 2.43. The fourth-order valence-electron chi connectivity index (χ4n) is 2.57. The topological polar surface area (TPSA) is 79.2 Å². The molecular weight excluding hydrogens is 295 g/mol. The van der Waals surface area contributed by atoms with Crippen LogP contribution in [0.2, 0.25) is 0 Å². The van der Waals surface area contributed by atoms with Crippen LogP contribution in [0.3, 0.4) is 0 Å². The summed E-state index contributed by atoms with van der Waals surface area (Å²) in [5, 5.41) is 8.95. The van der Waals surface area contributed by atoms with E-state index in [2.05, 4.69) is 4.72 Å². The van der Waals surface area contributed by atoms with E-state index in [9.17, 15) is 12.8 Å². The number of halogens is 1. The minimum Gasteiger partial charge on any atom is -0.381 e. The minimum atomic E-state index is -3.96. The highest BCUT2D eigenvalue weighted by Gasteiger charge is 2.50. The molecule has 1 N–H and O–H groups in total. The molecule has 2 rings (SSSR count). The fourth-order valence-corrected chi connectivity index (χ4v) is 4.14. The smallest absolute Gasteiger partial charge is 0.242 e. The molecule has 0 bridgehead atoms. The van der Waals surface area contributed by atoms with Gasteiger partial charge in [-0.25, -0.2) is 17.5 Å². The summed E-state index contributed by atoms with van der Waals surface area (Å²) in [6, 6.07) is 4.84. The van der Waals surface area contributed by atoms with Crippen molar-refractivity contribution in [3.05, 3.63) is 29.6 Å². The van der Waals surface area contributed by atoms with Crippen LogP contribution < -0.4 is 4.72 Å². The summed E-state index contributed by atoms with van der Waals surface area (Å²) in [6.45, 7) is 3.79. The second kappa shape index (κ2) is 5.37. The second-order valence-electron chi connectivity index (χ2n) is 5.68. The van der Waals surface area contributed by atoms with Gasteiger partial charge in [0, 0.05) is 18.6 Å². The Morgan fingerprint density at radius 2 is 2.14 bits per heavy atom. The van der Waals surface area contributed by atoms with E-state index in [4.69, 9.17) is 10.00 Å². The van der Waals surface area contributed by atoms with E-state index in [1.54, 1.807) is 13.2 Å². The summed E-state index contributed by atoms with van der Waals surface area (Å²) in [7, 11) is -2.38. The van der Waals surface area contributed by atoms with Crippen molar-refractivity contribution >= 4 is 10.0 Å². The van der Waals surface area contributed by atoms with Gasteiger partial charge in [-0.15, -0.1) is 0 Å². The van der Waals surface area contributed by atoms with Gasteiger partial charge in [-0.3, -0.25) is 0 Å². The van der Waals surface area contributed by atoms with E-state index >= 15 is 0 Å². The molecule has 1 saturated carbocycles. The molecule has 7 heteroatoms. The maximum atomic E-state index is 13.5. The summed E-state index contributed by atoms with van der Waals surface area (Å²) in [5.41, 5.74) is -0.826. The number of methoxy groups -OCH3 is 1. The standard InChI is InChI=1S/C14H17FN2O3S/c1-14(2)12(7-13(14)20-3)17-21(18,19)11-6-4-5-10(15)9(11)8-16/h4-6,12-13,17H,7H2,1-3H3. The van der Waals surface area contributed by atoms with Gasteiger partial charge in [0.15, 0.2) is 0 Å². The molecule has 2 atom stereocenters. The van der Waals surface area contributed by atoms with E-state index in [1.165, 1.54) is 12.1 Å². The summed E-state index contributed by atoms with van der Waals surface area (Å²) < 4.78 is 46.1. The third-order valence-electron chi connectivity index (χ3n) is 4.14. The van der Waals surface area contributed by atoms with E-state index in [0.717, 1.165) is 6.07 Å². The van der Waals surface area contributed by atoms with Crippen molar-refractivity contribution in [2.75, 3.05) is 7.11 Å². The number of rotatable bonds is 4. The number of sulfonamides is 1. The van der Waals surface area contributed by atoms with Crippen molar-refractivity contribution in [1.82, 2.24) is 4.72 Å². The average molecular weight is 312 g/mol. The fraction of sp³-hybridized carbons (Fsp3) is 0.500. The molecule has 114 valence electrons. The van der Waals surface area contributed by atoms with Crippen molar-refractivity contribution in [3.63, 3.8) is 0 Å². The normalized spacial score (nSPS) is 24.1. The van der Waals surface area contributed by atoms with Crippen LogP contribution in [-0.2, 0) is 14.8 Å². The predicted molar refractivity (Wildman–Crippen MR) is 74.4 cm³/mol. The predicted octanol–water partition coefficient (Wildman–Crippen LogP) is 1.79. The van der Waals surface area contributed by atoms with Gasteiger partial charge in [0.1, 0.15) is 22.3 Å². The molecule has 0 aromatic heterocycles. The van der Waals surface area contributed by atoms with Crippen molar-refractivity contribution in [2.24, 2.45) is 5.41 Å². The third kappa shape index (κ3) is 2.67. The van der Waals surface area contributed by atoms with Gasteiger partial charge in [-0.05, 0) is 18.6 Å². The maximum absolute atomic E-state index is 13.5. The van der Waals surface area contributed by atoms with Crippen LogP contribution in [0.25, 0.3) is 0 Å². The summed E-state index contributed by atoms with van der Waals surface area (Å²) >= 11 is 0. The highest BCUT2D eigenvalue weighted by molar-refractivity contribution is 7.89. The summed E-state index contributed by atoms with van der Waals surface area (Å²) in [4.78, 5) is -0.332. The van der Waals surface area contributed by atoms with Crippen LogP contribution in [-0.4, -0.2) is 27.7 Å². The van der Waals surface area contributed by atoms with Gasteiger partial charge >= 0.3 is 0 Å². The Bertz CT molecular complexity index is 695. The van der Waals surface area contributed by atoms with Crippen LogP contribution in [0, 0.1) is 22.6 Å². The zero-order chi connectivity index (χ0) is 15.8. The van der Waals surface area contributed by atoms with Crippen LogP contribution >= 0.6 is 0 Å². The molecule has 1 aromatic rings. The first kappa shape index (κ1) is 15.9. The molecule has 0 saturated heterocycles. The molecular formula is C14H17FN2O3S. The lowest BCUT2D eigenvalue weighted by molar-refractivity contribution is -0.0908. The Labute approximate surface area is 123 Å². The number of benzene rings is 1. The molecule has 1 fully saturated rings. The van der Waals surface area contributed by atoms with Crippen molar-refractivity contribution in [1.29, 1.82) is 5.26 Å². The van der Waals surface area contributed by atoms with Gasteiger partial charge in [-0.1, -0.05) is 19.9 Å². The van der Waals surface area contributed by atoms with E-state index in [0.29, 0.717) is 6.42 Å². The number of nitrogens with one attached hydrogen (secondary N) is 1. The quantitative estimate of drug-likeness (QED) is 0.919. The zero-order valence-corrected chi connectivity index (χ0v) is 12.9. The Morgan fingerprint density at radius 1 is 1.48 bits per heavy atom. The molecule has 0 heterocycles. The molecule has 2 unspecified atom stereocenters. The number of nitrogens with zero attached hydrogens (tertiary/aromatic N) is 1. The maximum Gasteiger partial charge on any atom is 0.242 e. The first-order valence-electron chi connectivity index (χ1n) is 6.47. The monoisotopic (exact) mass is 312 g/mol. The zero-order valence-electron chi connectivity index (χ0n) is 12.1. The van der Waals surface area contributed by atoms with Crippen LogP contribution in [0.15, 0.2) is 23.1 Å². The Morgan fingerprint density at radius 3 is 2.67 bits per heavy atom. The van der Waals surface area contributed by atoms with Gasteiger partial charge in [0.2, 0.25) is 10.0 Å². The van der Waals surface area contributed by atoms with Gasteiger partial charge < -0.3 is 4.74 Å². The number of hydrogen-bond acceptors (Lipinski definition) is 4. The Balaban J connectivity index is 2.30. The van der Waals surface area contributed by atoms with E-state index in [-0.39, 0.29) is 22.5 Å². The number of hydrogen-bond donors (Lipinski definition) is 1. The van der Waals surface area contributed by atoms with Crippen molar-refractivity contribution in [3.8, 4) is 6.07 Å². The molecule has 5 nitrogen and oxygen atoms in total. The third-order valence-corrected chi connectivity index (χ3v) is 5.65. The van der Waals surface area contributed by atoms with Gasteiger partial charge in [-0.2, -0.15) is 5.26 Å². The van der Waals surface area contributed by atoms with Crippen LogP contribution in [0.1, 0.15) is 25.8 Å². The number of ether oxygens (including phenoxy) is 1. The van der Waals surface area contributed by atoms with E-state index in [1.807, 2.05) is 13.8 Å². The first-order valence-corrected chi connectivity index (χ1v) is 7.96. The summed E-state index contributed by atoms with van der Waals surface area (Å²) in [6.07, 6.45) is 0.507. The molecule has 0 amide bonds. The number of nitriles is 1. The lowest BCUT2D eigenvalue weighted by Crippen LogP contribution is -2.61. The van der Waals surface area contributed by atoms with Gasteiger partial charge in [0.05, 0.1) is 6.10 Å². The SMILES string of the molecule is COC1CC(NS(=O)(=O)c2cccc(F)c2C#N)C1(C)C. The van der Waals surface area contributed by atoms with Gasteiger partial charge in [0.25, 0.3) is 0 Å². The van der Waals surface area contributed by atoms with Crippen molar-refractivity contribution < 1.29 is 17.5 Å². The van der Waals surface area contributed by atoms with Crippen molar-refractivity contribution in [2.45, 2.75) is 37.3 Å². The minimum absolute atomic E-state index is 0.0341. The molecule has 0 spiro atoms. The summed E-state index contributed by atoms with van der Waals surface area (Å²) in [5.74, 6) is -0.844. The largest absolute Gasteiger partial charge is 0.381 e. The lowest BCUT2D eigenvalue weighted by atomic mass is 9.65. The second-order valence-corrected chi connectivity index (χ2v) is 7.36. The average Bonchev–Trinajstić information content (AvgIpc) is 2.42. The van der Waals surface area contributed by atoms with Crippen LogP contribution in [0.5, 0.6) is 0 Å². The highest BCUT2D eigenvalue weighted by atomic mass is 32.2. The molecule has 0 aliphatic heterocycles. The molecule has 1 aliphatic carbocycles. The Hall–Kier alpha value is -1.49. The molecule has 1 aliphatic rings.